The van der Waals surface area contributed by atoms with Crippen LogP contribution in [0.4, 0.5) is 4.39 Å². The predicted octanol–water partition coefficient (Wildman–Crippen LogP) is 2.41. The summed E-state index contributed by atoms with van der Waals surface area (Å²) in [5.74, 6) is -2.13. The van der Waals surface area contributed by atoms with Crippen LogP contribution in [-0.4, -0.2) is 17.1 Å². The number of benzene rings is 1. The van der Waals surface area contributed by atoms with Gasteiger partial charge < -0.3 is 10.8 Å². The van der Waals surface area contributed by atoms with E-state index in [9.17, 15) is 9.18 Å². The summed E-state index contributed by atoms with van der Waals surface area (Å²) in [5.41, 5.74) is 6.53. The van der Waals surface area contributed by atoms with E-state index in [1.165, 1.54) is 6.07 Å². The van der Waals surface area contributed by atoms with Crippen LogP contribution in [0.3, 0.4) is 0 Å². The molecule has 0 aliphatic heterocycles. The zero-order chi connectivity index (χ0) is 12.5. The van der Waals surface area contributed by atoms with Gasteiger partial charge in [0.25, 0.3) is 0 Å². The Bertz CT molecular complexity index is 423. The number of carboxylic acid groups (broad SMARTS) is 1. The molecule has 5 heteroatoms. The van der Waals surface area contributed by atoms with E-state index in [0.29, 0.717) is 11.1 Å². The van der Waals surface area contributed by atoms with Gasteiger partial charge in [-0.05, 0) is 30.2 Å². The standard InChI is InChI=1S/C11H13BrFNO2/c1-5-7(12)3-4-8(13)9(5)6(2)10(14)11(15)16/h3-4,6,10H,14H2,1-2H3,(H,15,16)/t6-,10+/m1/s1. The normalized spacial score (nSPS) is 14.6. The molecule has 0 heterocycles. The third-order valence-electron chi connectivity index (χ3n) is 2.67. The van der Waals surface area contributed by atoms with E-state index in [-0.39, 0.29) is 0 Å². The van der Waals surface area contributed by atoms with Crippen molar-refractivity contribution in [2.45, 2.75) is 25.8 Å². The molecule has 0 bridgehead atoms. The number of carbonyl (C=O) groups is 1. The minimum absolute atomic E-state index is 0.351. The van der Waals surface area contributed by atoms with E-state index in [0.717, 1.165) is 4.47 Å². The van der Waals surface area contributed by atoms with Crippen molar-refractivity contribution in [3.05, 3.63) is 33.5 Å². The van der Waals surface area contributed by atoms with Gasteiger partial charge in [0.1, 0.15) is 11.9 Å². The van der Waals surface area contributed by atoms with Crippen molar-refractivity contribution in [3.8, 4) is 0 Å². The summed E-state index contributed by atoms with van der Waals surface area (Å²) in [7, 11) is 0. The molecular weight excluding hydrogens is 277 g/mol. The van der Waals surface area contributed by atoms with Crippen LogP contribution in [0.25, 0.3) is 0 Å². The van der Waals surface area contributed by atoms with Crippen molar-refractivity contribution < 1.29 is 14.3 Å². The molecule has 0 fully saturated rings. The molecule has 0 radical (unpaired) electrons. The third kappa shape index (κ3) is 2.41. The zero-order valence-corrected chi connectivity index (χ0v) is 10.6. The fourth-order valence-corrected chi connectivity index (χ4v) is 1.97. The summed E-state index contributed by atoms with van der Waals surface area (Å²) in [6.07, 6.45) is 0. The monoisotopic (exact) mass is 289 g/mol. The van der Waals surface area contributed by atoms with Crippen LogP contribution in [-0.2, 0) is 4.79 Å². The summed E-state index contributed by atoms with van der Waals surface area (Å²) in [4.78, 5) is 10.8. The quantitative estimate of drug-likeness (QED) is 0.898. The Morgan fingerprint density at radius 1 is 1.56 bits per heavy atom. The van der Waals surface area contributed by atoms with E-state index >= 15 is 0 Å². The second-order valence-electron chi connectivity index (χ2n) is 3.72. The number of rotatable bonds is 3. The second kappa shape index (κ2) is 4.93. The molecule has 0 aliphatic rings. The molecule has 1 aromatic rings. The Hall–Kier alpha value is -0.940. The lowest BCUT2D eigenvalue weighted by Crippen LogP contribution is -2.36. The first kappa shape index (κ1) is 13.1. The fraction of sp³-hybridized carbons (Fsp3) is 0.364. The van der Waals surface area contributed by atoms with Crippen molar-refractivity contribution >= 4 is 21.9 Å². The highest BCUT2D eigenvalue weighted by Gasteiger charge is 2.26. The summed E-state index contributed by atoms with van der Waals surface area (Å²) in [6.45, 7) is 3.34. The van der Waals surface area contributed by atoms with Crippen molar-refractivity contribution in [2.24, 2.45) is 5.73 Å². The number of hydrogen-bond donors (Lipinski definition) is 2. The van der Waals surface area contributed by atoms with Gasteiger partial charge in [-0.25, -0.2) is 4.39 Å². The van der Waals surface area contributed by atoms with Gasteiger partial charge in [0, 0.05) is 10.4 Å². The predicted molar refractivity (Wildman–Crippen MR) is 62.9 cm³/mol. The second-order valence-corrected chi connectivity index (χ2v) is 4.57. The van der Waals surface area contributed by atoms with E-state index in [2.05, 4.69) is 15.9 Å². The first-order chi connectivity index (χ1) is 7.36. The maximum Gasteiger partial charge on any atom is 0.321 e. The van der Waals surface area contributed by atoms with Gasteiger partial charge in [-0.2, -0.15) is 0 Å². The van der Waals surface area contributed by atoms with Gasteiger partial charge in [0.05, 0.1) is 0 Å². The highest BCUT2D eigenvalue weighted by atomic mass is 79.9. The van der Waals surface area contributed by atoms with Crippen molar-refractivity contribution in [2.75, 3.05) is 0 Å². The molecule has 16 heavy (non-hydrogen) atoms. The molecule has 2 atom stereocenters. The average molecular weight is 290 g/mol. The minimum atomic E-state index is -1.13. The van der Waals surface area contributed by atoms with E-state index in [4.69, 9.17) is 10.8 Å². The first-order valence-electron chi connectivity index (χ1n) is 4.79. The summed E-state index contributed by atoms with van der Waals surface area (Å²) < 4.78 is 14.4. The molecule has 0 aliphatic carbocycles. The van der Waals surface area contributed by atoms with Crippen LogP contribution in [0.15, 0.2) is 16.6 Å². The molecule has 0 saturated heterocycles. The largest absolute Gasteiger partial charge is 0.480 e. The third-order valence-corrected chi connectivity index (χ3v) is 3.53. The van der Waals surface area contributed by atoms with Crippen molar-refractivity contribution in [1.29, 1.82) is 0 Å². The van der Waals surface area contributed by atoms with E-state index < -0.39 is 23.7 Å². The molecule has 1 aromatic carbocycles. The molecule has 0 aromatic heterocycles. The summed E-state index contributed by atoms with van der Waals surface area (Å²) >= 11 is 3.28. The van der Waals surface area contributed by atoms with Crippen LogP contribution >= 0.6 is 15.9 Å². The van der Waals surface area contributed by atoms with Crippen LogP contribution in [0.5, 0.6) is 0 Å². The Morgan fingerprint density at radius 2 is 2.12 bits per heavy atom. The lowest BCUT2D eigenvalue weighted by molar-refractivity contribution is -0.139. The maximum atomic E-state index is 13.6. The average Bonchev–Trinajstić information content (AvgIpc) is 2.22. The summed E-state index contributed by atoms with van der Waals surface area (Å²) in [5, 5.41) is 8.81. The van der Waals surface area contributed by atoms with E-state index in [1.54, 1.807) is 19.9 Å². The smallest absolute Gasteiger partial charge is 0.321 e. The Labute approximate surface area is 102 Å². The lowest BCUT2D eigenvalue weighted by atomic mass is 9.90. The Morgan fingerprint density at radius 3 is 2.62 bits per heavy atom. The van der Waals surface area contributed by atoms with Crippen LogP contribution in [0.1, 0.15) is 24.0 Å². The number of hydrogen-bond acceptors (Lipinski definition) is 2. The molecule has 0 spiro atoms. The Kier molecular flexibility index (Phi) is 4.04. The van der Waals surface area contributed by atoms with Crippen molar-refractivity contribution in [1.82, 2.24) is 0 Å². The highest BCUT2D eigenvalue weighted by Crippen LogP contribution is 2.29. The highest BCUT2D eigenvalue weighted by molar-refractivity contribution is 9.10. The van der Waals surface area contributed by atoms with Crippen LogP contribution < -0.4 is 5.73 Å². The van der Waals surface area contributed by atoms with Gasteiger partial charge >= 0.3 is 5.97 Å². The molecule has 3 nitrogen and oxygen atoms in total. The number of halogens is 2. The summed E-state index contributed by atoms with van der Waals surface area (Å²) in [6, 6.07) is 1.78. The SMILES string of the molecule is Cc1c(Br)ccc(F)c1[C@@H](C)[C@H](N)C(=O)O. The van der Waals surface area contributed by atoms with Crippen molar-refractivity contribution in [3.63, 3.8) is 0 Å². The van der Waals surface area contributed by atoms with Crippen LogP contribution in [0.2, 0.25) is 0 Å². The van der Waals surface area contributed by atoms with Gasteiger partial charge in [0.2, 0.25) is 0 Å². The molecule has 0 unspecified atom stereocenters. The maximum absolute atomic E-state index is 13.6. The molecule has 88 valence electrons. The number of carboxylic acids is 1. The lowest BCUT2D eigenvalue weighted by Gasteiger charge is -2.19. The van der Waals surface area contributed by atoms with Gasteiger partial charge in [-0.1, -0.05) is 22.9 Å². The molecule has 0 amide bonds. The molecule has 0 saturated carbocycles. The van der Waals surface area contributed by atoms with E-state index in [1.807, 2.05) is 0 Å². The van der Waals surface area contributed by atoms with Gasteiger partial charge in [-0.15, -0.1) is 0 Å². The van der Waals surface area contributed by atoms with Gasteiger partial charge in [0.15, 0.2) is 0 Å². The zero-order valence-electron chi connectivity index (χ0n) is 9.00. The number of aliphatic carboxylic acids is 1. The number of nitrogens with two attached hydrogens (primary N) is 1. The van der Waals surface area contributed by atoms with Crippen LogP contribution in [0, 0.1) is 12.7 Å². The topological polar surface area (TPSA) is 63.3 Å². The first-order valence-corrected chi connectivity index (χ1v) is 5.58. The molecular formula is C11H13BrFNO2. The molecule has 3 N–H and O–H groups in total. The fourth-order valence-electron chi connectivity index (χ4n) is 1.62. The Balaban J connectivity index is 3.22. The van der Waals surface area contributed by atoms with Gasteiger partial charge in [-0.3, -0.25) is 4.79 Å². The minimum Gasteiger partial charge on any atom is -0.480 e. The molecule has 1 rings (SSSR count).